The predicted molar refractivity (Wildman–Crippen MR) is 82.5 cm³/mol. The Bertz CT molecular complexity index is 424. The van der Waals surface area contributed by atoms with Crippen LogP contribution in [0, 0.1) is 11.3 Å². The molecule has 0 aromatic carbocycles. The first-order valence-electron chi connectivity index (χ1n) is 8.04. The quantitative estimate of drug-likeness (QED) is 0.748. The zero-order valence-corrected chi connectivity index (χ0v) is 14.1. The molecule has 2 rings (SSSR count). The smallest absolute Gasteiger partial charge is 0.410 e. The number of nitrogens with zero attached hydrogens (tertiary/aromatic N) is 1. The highest BCUT2D eigenvalue weighted by molar-refractivity contribution is 5.76. The van der Waals surface area contributed by atoms with Crippen LogP contribution in [0.25, 0.3) is 0 Å². The van der Waals surface area contributed by atoms with Crippen LogP contribution in [-0.4, -0.2) is 55.9 Å². The van der Waals surface area contributed by atoms with Crippen molar-refractivity contribution < 1.29 is 19.1 Å². The molecule has 2 aliphatic rings. The van der Waals surface area contributed by atoms with Crippen LogP contribution in [0.2, 0.25) is 0 Å². The van der Waals surface area contributed by atoms with Gasteiger partial charge >= 0.3 is 12.1 Å². The molecule has 1 unspecified atom stereocenters. The maximum Gasteiger partial charge on any atom is 0.410 e. The van der Waals surface area contributed by atoms with Gasteiger partial charge in [-0.15, -0.1) is 0 Å². The standard InChI is InChI=1S/C16H28N2O4/c1-15(2,3)22-14(20)18-10-7-16(5-8-17-9-6-16)12(11-18)13(19)21-4/h12,17H,5-11H2,1-4H3. The van der Waals surface area contributed by atoms with Crippen LogP contribution in [0.15, 0.2) is 0 Å². The fraction of sp³-hybridized carbons (Fsp3) is 0.875. The molecule has 1 amide bonds. The van der Waals surface area contributed by atoms with Crippen molar-refractivity contribution in [3.63, 3.8) is 0 Å². The van der Waals surface area contributed by atoms with E-state index in [2.05, 4.69) is 5.32 Å². The Hall–Kier alpha value is -1.30. The minimum Gasteiger partial charge on any atom is -0.469 e. The van der Waals surface area contributed by atoms with Gasteiger partial charge in [0.05, 0.1) is 13.0 Å². The van der Waals surface area contributed by atoms with E-state index in [0.29, 0.717) is 13.1 Å². The lowest BCUT2D eigenvalue weighted by Gasteiger charge is -2.48. The van der Waals surface area contributed by atoms with Crippen LogP contribution in [0.1, 0.15) is 40.0 Å². The molecule has 1 spiro atoms. The SMILES string of the molecule is COC(=O)C1CN(C(=O)OC(C)(C)C)CCC12CCNCC2. The Morgan fingerprint density at radius 2 is 1.82 bits per heavy atom. The molecule has 2 aliphatic heterocycles. The van der Waals surface area contributed by atoms with E-state index in [1.165, 1.54) is 7.11 Å². The third kappa shape index (κ3) is 3.72. The van der Waals surface area contributed by atoms with Gasteiger partial charge in [-0.05, 0) is 58.5 Å². The lowest BCUT2D eigenvalue weighted by molar-refractivity contribution is -0.155. The summed E-state index contributed by atoms with van der Waals surface area (Å²) in [7, 11) is 1.42. The zero-order valence-electron chi connectivity index (χ0n) is 14.1. The Kier molecular flexibility index (Phi) is 5.00. The van der Waals surface area contributed by atoms with Crippen molar-refractivity contribution >= 4 is 12.1 Å². The van der Waals surface area contributed by atoms with Crippen LogP contribution in [0.4, 0.5) is 4.79 Å². The van der Waals surface area contributed by atoms with E-state index in [9.17, 15) is 9.59 Å². The first kappa shape index (κ1) is 17.1. The molecule has 0 saturated carbocycles. The molecule has 1 atom stereocenters. The number of methoxy groups -OCH3 is 1. The van der Waals surface area contributed by atoms with Crippen LogP contribution >= 0.6 is 0 Å². The van der Waals surface area contributed by atoms with Crippen molar-refractivity contribution in [2.45, 2.75) is 45.6 Å². The van der Waals surface area contributed by atoms with Crippen molar-refractivity contribution in [1.29, 1.82) is 0 Å². The lowest BCUT2D eigenvalue weighted by atomic mass is 9.65. The average molecular weight is 312 g/mol. The second-order valence-electron chi connectivity index (χ2n) is 7.36. The van der Waals surface area contributed by atoms with Crippen LogP contribution in [0.3, 0.4) is 0 Å². The van der Waals surface area contributed by atoms with Crippen LogP contribution in [-0.2, 0) is 14.3 Å². The summed E-state index contributed by atoms with van der Waals surface area (Å²) >= 11 is 0. The van der Waals surface area contributed by atoms with E-state index in [-0.39, 0.29) is 23.4 Å². The second kappa shape index (κ2) is 6.44. The van der Waals surface area contributed by atoms with Crippen LogP contribution < -0.4 is 5.32 Å². The minimum absolute atomic E-state index is 0.0448. The van der Waals surface area contributed by atoms with Crippen molar-refractivity contribution in [2.24, 2.45) is 11.3 Å². The fourth-order valence-corrected chi connectivity index (χ4v) is 3.52. The molecule has 22 heavy (non-hydrogen) atoms. The molecule has 2 heterocycles. The number of piperidine rings is 2. The van der Waals surface area contributed by atoms with E-state index >= 15 is 0 Å². The maximum atomic E-state index is 12.3. The fourth-order valence-electron chi connectivity index (χ4n) is 3.52. The van der Waals surface area contributed by atoms with E-state index in [1.54, 1.807) is 4.90 Å². The molecule has 0 aromatic rings. The number of rotatable bonds is 1. The molecule has 0 radical (unpaired) electrons. The van der Waals surface area contributed by atoms with Crippen molar-refractivity contribution in [1.82, 2.24) is 10.2 Å². The summed E-state index contributed by atoms with van der Waals surface area (Å²) in [6.07, 6.45) is 2.39. The van der Waals surface area contributed by atoms with Gasteiger partial charge in [0.25, 0.3) is 0 Å². The first-order valence-corrected chi connectivity index (χ1v) is 8.04. The van der Waals surface area contributed by atoms with E-state index in [0.717, 1.165) is 32.4 Å². The lowest BCUT2D eigenvalue weighted by Crippen LogP contribution is -2.56. The molecular formula is C16H28N2O4. The Morgan fingerprint density at radius 3 is 2.36 bits per heavy atom. The molecule has 1 N–H and O–H groups in total. The Balaban J connectivity index is 2.11. The summed E-state index contributed by atoms with van der Waals surface area (Å²) in [5.41, 5.74) is -0.571. The maximum absolute atomic E-state index is 12.3. The molecule has 6 heteroatoms. The number of carbonyl (C=O) groups is 2. The average Bonchev–Trinajstić information content (AvgIpc) is 2.46. The molecule has 6 nitrogen and oxygen atoms in total. The molecule has 2 fully saturated rings. The normalized spacial score (nSPS) is 24.9. The second-order valence-corrected chi connectivity index (χ2v) is 7.36. The van der Waals surface area contributed by atoms with Gasteiger partial charge in [0.1, 0.15) is 5.60 Å². The zero-order chi connectivity index (χ0) is 16.4. The number of esters is 1. The topological polar surface area (TPSA) is 67.9 Å². The first-order chi connectivity index (χ1) is 10.3. The van der Waals surface area contributed by atoms with Crippen molar-refractivity contribution in [2.75, 3.05) is 33.3 Å². The molecule has 0 aromatic heterocycles. The summed E-state index contributed by atoms with van der Waals surface area (Å²) in [6.45, 7) is 8.41. The van der Waals surface area contributed by atoms with Gasteiger partial charge in [-0.25, -0.2) is 4.79 Å². The summed E-state index contributed by atoms with van der Waals surface area (Å²) in [5, 5.41) is 3.34. The molecule has 0 aliphatic carbocycles. The van der Waals surface area contributed by atoms with Crippen LogP contribution in [0.5, 0.6) is 0 Å². The third-order valence-corrected chi connectivity index (χ3v) is 4.76. The molecule has 2 saturated heterocycles. The molecule has 0 bridgehead atoms. The highest BCUT2D eigenvalue weighted by Crippen LogP contribution is 2.44. The van der Waals surface area contributed by atoms with Crippen molar-refractivity contribution in [3.05, 3.63) is 0 Å². The van der Waals surface area contributed by atoms with Crippen molar-refractivity contribution in [3.8, 4) is 0 Å². The monoisotopic (exact) mass is 312 g/mol. The van der Waals surface area contributed by atoms with E-state index in [4.69, 9.17) is 9.47 Å². The number of likely N-dealkylation sites (tertiary alicyclic amines) is 1. The highest BCUT2D eigenvalue weighted by Gasteiger charge is 2.49. The van der Waals surface area contributed by atoms with Gasteiger partial charge in [0.2, 0.25) is 0 Å². The van der Waals surface area contributed by atoms with E-state index < -0.39 is 5.60 Å². The van der Waals surface area contributed by atoms with Gasteiger partial charge < -0.3 is 19.7 Å². The Labute approximate surface area is 132 Å². The minimum atomic E-state index is -0.526. The number of ether oxygens (including phenoxy) is 2. The summed E-state index contributed by atoms with van der Waals surface area (Å²) < 4.78 is 10.4. The summed E-state index contributed by atoms with van der Waals surface area (Å²) in [5.74, 6) is -0.476. The largest absolute Gasteiger partial charge is 0.469 e. The highest BCUT2D eigenvalue weighted by atomic mass is 16.6. The molecular weight excluding hydrogens is 284 g/mol. The third-order valence-electron chi connectivity index (χ3n) is 4.76. The Morgan fingerprint density at radius 1 is 1.18 bits per heavy atom. The van der Waals surface area contributed by atoms with Gasteiger partial charge in [-0.1, -0.05) is 0 Å². The van der Waals surface area contributed by atoms with Gasteiger partial charge in [0.15, 0.2) is 0 Å². The molecule has 126 valence electrons. The number of hydrogen-bond donors (Lipinski definition) is 1. The van der Waals surface area contributed by atoms with Gasteiger partial charge in [-0.2, -0.15) is 0 Å². The summed E-state index contributed by atoms with van der Waals surface area (Å²) in [4.78, 5) is 26.2. The predicted octanol–water partition coefficient (Wildman–Crippen LogP) is 1.79. The van der Waals surface area contributed by atoms with Gasteiger partial charge in [-0.3, -0.25) is 4.79 Å². The number of nitrogens with one attached hydrogen (secondary N) is 1. The van der Waals surface area contributed by atoms with Gasteiger partial charge in [0, 0.05) is 13.1 Å². The van der Waals surface area contributed by atoms with E-state index in [1.807, 2.05) is 20.8 Å². The summed E-state index contributed by atoms with van der Waals surface area (Å²) in [6, 6.07) is 0. The number of carbonyl (C=O) groups excluding carboxylic acids is 2. The number of amides is 1. The number of hydrogen-bond acceptors (Lipinski definition) is 5.